The Bertz CT molecular complexity index is 767. The van der Waals surface area contributed by atoms with Gasteiger partial charge in [-0.15, -0.1) is 0 Å². The number of nitrogens with one attached hydrogen (secondary N) is 1. The smallest absolute Gasteiger partial charge is 0.0897 e. The van der Waals surface area contributed by atoms with Gasteiger partial charge in [0.05, 0.1) is 29.1 Å². The molecule has 0 radical (unpaired) electrons. The number of hydrogen-bond donors (Lipinski definition) is 2. The van der Waals surface area contributed by atoms with E-state index in [1.807, 2.05) is 32.0 Å². The summed E-state index contributed by atoms with van der Waals surface area (Å²) in [5.74, 6) is 5.71. The molecule has 2 heterocycles. The standard InChI is InChI=1S/C16H17N5/c1-10-3-4-12-7-13(5-6-14(12)20-10)16(21-17)15-9-18-11(2)8-19-15/h3-9,16,21H,17H2,1-2H3. The minimum atomic E-state index is -0.191. The summed E-state index contributed by atoms with van der Waals surface area (Å²) in [6.45, 7) is 3.89. The van der Waals surface area contributed by atoms with Gasteiger partial charge in [-0.2, -0.15) is 0 Å². The predicted molar refractivity (Wildman–Crippen MR) is 82.4 cm³/mol. The van der Waals surface area contributed by atoms with Crippen LogP contribution in [0.2, 0.25) is 0 Å². The molecular weight excluding hydrogens is 262 g/mol. The van der Waals surface area contributed by atoms with Crippen LogP contribution < -0.4 is 11.3 Å². The highest BCUT2D eigenvalue weighted by Crippen LogP contribution is 2.23. The van der Waals surface area contributed by atoms with Crippen molar-refractivity contribution in [3.05, 3.63) is 65.4 Å². The molecule has 106 valence electrons. The maximum atomic E-state index is 5.71. The van der Waals surface area contributed by atoms with E-state index in [1.165, 1.54) is 0 Å². The van der Waals surface area contributed by atoms with E-state index in [-0.39, 0.29) is 6.04 Å². The van der Waals surface area contributed by atoms with Crippen LogP contribution >= 0.6 is 0 Å². The van der Waals surface area contributed by atoms with Gasteiger partial charge in [0.2, 0.25) is 0 Å². The molecule has 0 aliphatic heterocycles. The number of hydrazine groups is 1. The zero-order valence-electron chi connectivity index (χ0n) is 12.0. The van der Waals surface area contributed by atoms with Gasteiger partial charge >= 0.3 is 0 Å². The number of aryl methyl sites for hydroxylation is 2. The van der Waals surface area contributed by atoms with Gasteiger partial charge in [-0.25, -0.2) is 5.43 Å². The molecule has 0 saturated carbocycles. The molecule has 21 heavy (non-hydrogen) atoms. The molecule has 1 unspecified atom stereocenters. The van der Waals surface area contributed by atoms with E-state index in [9.17, 15) is 0 Å². The molecule has 2 aromatic heterocycles. The fourth-order valence-electron chi connectivity index (χ4n) is 2.33. The molecule has 1 atom stereocenters. The lowest BCUT2D eigenvalue weighted by molar-refractivity contribution is 0.617. The Morgan fingerprint density at radius 2 is 1.86 bits per heavy atom. The Balaban J connectivity index is 2.04. The number of aromatic nitrogens is 3. The number of benzene rings is 1. The molecule has 5 nitrogen and oxygen atoms in total. The zero-order chi connectivity index (χ0) is 14.8. The first kappa shape index (κ1) is 13.6. The summed E-state index contributed by atoms with van der Waals surface area (Å²) < 4.78 is 0. The van der Waals surface area contributed by atoms with Gasteiger partial charge in [0.15, 0.2) is 0 Å². The molecular formula is C16H17N5. The first-order valence-electron chi connectivity index (χ1n) is 6.79. The number of nitrogens with two attached hydrogens (primary N) is 1. The van der Waals surface area contributed by atoms with Crippen molar-refractivity contribution in [1.29, 1.82) is 0 Å². The lowest BCUT2D eigenvalue weighted by Crippen LogP contribution is -2.29. The average Bonchev–Trinajstić information content (AvgIpc) is 2.50. The van der Waals surface area contributed by atoms with Crippen molar-refractivity contribution in [2.75, 3.05) is 0 Å². The first-order valence-corrected chi connectivity index (χ1v) is 6.79. The highest BCUT2D eigenvalue weighted by molar-refractivity contribution is 5.79. The quantitative estimate of drug-likeness (QED) is 0.567. The van der Waals surface area contributed by atoms with E-state index in [0.717, 1.165) is 33.5 Å². The molecule has 0 saturated heterocycles. The second kappa shape index (κ2) is 5.55. The number of hydrogen-bond acceptors (Lipinski definition) is 5. The second-order valence-electron chi connectivity index (χ2n) is 5.09. The summed E-state index contributed by atoms with van der Waals surface area (Å²) in [5.41, 5.74) is 7.50. The van der Waals surface area contributed by atoms with Crippen LogP contribution in [0.3, 0.4) is 0 Å². The third kappa shape index (κ3) is 2.74. The third-order valence-corrected chi connectivity index (χ3v) is 3.45. The molecule has 1 aromatic carbocycles. The van der Waals surface area contributed by atoms with Crippen LogP contribution in [0.25, 0.3) is 10.9 Å². The van der Waals surface area contributed by atoms with Gasteiger partial charge in [0.25, 0.3) is 0 Å². The summed E-state index contributed by atoms with van der Waals surface area (Å²) in [6.07, 6.45) is 3.49. The SMILES string of the molecule is Cc1cnc(C(NN)c2ccc3nc(C)ccc3c2)cn1. The molecule has 0 aliphatic carbocycles. The molecule has 3 rings (SSSR count). The van der Waals surface area contributed by atoms with Crippen molar-refractivity contribution in [2.45, 2.75) is 19.9 Å². The number of pyridine rings is 1. The maximum absolute atomic E-state index is 5.71. The van der Waals surface area contributed by atoms with Crippen molar-refractivity contribution in [3.63, 3.8) is 0 Å². The van der Waals surface area contributed by atoms with Gasteiger partial charge in [0, 0.05) is 17.3 Å². The lowest BCUT2D eigenvalue weighted by atomic mass is 10.0. The highest BCUT2D eigenvalue weighted by atomic mass is 15.2. The maximum Gasteiger partial charge on any atom is 0.0897 e. The molecule has 3 N–H and O–H groups in total. The Kier molecular flexibility index (Phi) is 3.60. The number of nitrogens with zero attached hydrogens (tertiary/aromatic N) is 3. The number of rotatable bonds is 3. The number of fused-ring (bicyclic) bond motifs is 1. The highest BCUT2D eigenvalue weighted by Gasteiger charge is 2.14. The average molecular weight is 279 g/mol. The molecule has 3 aromatic rings. The van der Waals surface area contributed by atoms with Crippen LogP contribution in [0.4, 0.5) is 0 Å². The van der Waals surface area contributed by atoms with Gasteiger partial charge < -0.3 is 0 Å². The van der Waals surface area contributed by atoms with Crippen molar-refractivity contribution in [2.24, 2.45) is 5.84 Å². The monoisotopic (exact) mass is 279 g/mol. The minimum Gasteiger partial charge on any atom is -0.271 e. The van der Waals surface area contributed by atoms with Crippen molar-refractivity contribution in [1.82, 2.24) is 20.4 Å². The molecule has 5 heteroatoms. The van der Waals surface area contributed by atoms with E-state index in [4.69, 9.17) is 5.84 Å². The summed E-state index contributed by atoms with van der Waals surface area (Å²) in [5, 5.41) is 1.08. The third-order valence-electron chi connectivity index (χ3n) is 3.45. The van der Waals surface area contributed by atoms with Crippen molar-refractivity contribution < 1.29 is 0 Å². The molecule has 0 amide bonds. The zero-order valence-corrected chi connectivity index (χ0v) is 12.0. The molecule has 0 fully saturated rings. The van der Waals surface area contributed by atoms with Gasteiger partial charge in [-0.05, 0) is 37.6 Å². The topological polar surface area (TPSA) is 76.7 Å². The Morgan fingerprint density at radius 3 is 2.57 bits per heavy atom. The Labute approximate surface area is 123 Å². The van der Waals surface area contributed by atoms with Crippen molar-refractivity contribution in [3.8, 4) is 0 Å². The van der Waals surface area contributed by atoms with E-state index in [0.29, 0.717) is 0 Å². The minimum absolute atomic E-state index is 0.191. The Morgan fingerprint density at radius 1 is 1.00 bits per heavy atom. The van der Waals surface area contributed by atoms with Gasteiger partial charge in [-0.3, -0.25) is 20.8 Å². The van der Waals surface area contributed by atoms with Crippen LogP contribution in [0.5, 0.6) is 0 Å². The summed E-state index contributed by atoms with van der Waals surface area (Å²) in [7, 11) is 0. The van der Waals surface area contributed by atoms with E-state index in [2.05, 4.69) is 32.5 Å². The molecule has 0 aliphatic rings. The van der Waals surface area contributed by atoms with Crippen LogP contribution in [-0.2, 0) is 0 Å². The summed E-state index contributed by atoms with van der Waals surface area (Å²) >= 11 is 0. The van der Waals surface area contributed by atoms with E-state index in [1.54, 1.807) is 12.4 Å². The van der Waals surface area contributed by atoms with E-state index >= 15 is 0 Å². The second-order valence-corrected chi connectivity index (χ2v) is 5.09. The first-order chi connectivity index (χ1) is 10.2. The Hall–Kier alpha value is -2.37. The normalized spacial score (nSPS) is 12.5. The summed E-state index contributed by atoms with van der Waals surface area (Å²) in [4.78, 5) is 13.2. The molecule has 0 spiro atoms. The van der Waals surface area contributed by atoms with Gasteiger partial charge in [0.1, 0.15) is 0 Å². The van der Waals surface area contributed by atoms with E-state index < -0.39 is 0 Å². The van der Waals surface area contributed by atoms with Crippen molar-refractivity contribution >= 4 is 10.9 Å². The van der Waals surface area contributed by atoms with Gasteiger partial charge in [-0.1, -0.05) is 12.1 Å². The fraction of sp³-hybridized carbons (Fsp3) is 0.188. The largest absolute Gasteiger partial charge is 0.271 e. The predicted octanol–water partition coefficient (Wildman–Crippen LogP) is 2.19. The van der Waals surface area contributed by atoms with Crippen LogP contribution in [-0.4, -0.2) is 15.0 Å². The summed E-state index contributed by atoms with van der Waals surface area (Å²) in [6, 6.07) is 9.97. The van der Waals surface area contributed by atoms with Crippen LogP contribution in [0.15, 0.2) is 42.7 Å². The van der Waals surface area contributed by atoms with Crippen LogP contribution in [0, 0.1) is 13.8 Å². The lowest BCUT2D eigenvalue weighted by Gasteiger charge is -2.16. The molecule has 0 bridgehead atoms. The fourth-order valence-corrected chi connectivity index (χ4v) is 2.33. The van der Waals surface area contributed by atoms with Crippen LogP contribution in [0.1, 0.15) is 28.7 Å².